The van der Waals surface area contributed by atoms with Crippen LogP contribution in [-0.2, 0) is 9.53 Å². The molecule has 0 radical (unpaired) electrons. The highest BCUT2D eigenvalue weighted by Crippen LogP contribution is 2.61. The number of Topliss-reactive ketones (excluding diaryl/α,β-unsaturated/α-hetero) is 1. The van der Waals surface area contributed by atoms with Crippen LogP contribution in [0.2, 0.25) is 0 Å². The van der Waals surface area contributed by atoms with Crippen molar-refractivity contribution in [1.82, 2.24) is 0 Å². The summed E-state index contributed by atoms with van der Waals surface area (Å²) in [5.41, 5.74) is -1.01. The lowest BCUT2D eigenvalue weighted by molar-refractivity contribution is -0.929. The summed E-state index contributed by atoms with van der Waals surface area (Å²) in [6, 6.07) is 6.21. The molecule has 4 nitrogen and oxygen atoms in total. The van der Waals surface area contributed by atoms with Gasteiger partial charge < -0.3 is 9.85 Å². The average molecular weight is 263 g/mol. The molecule has 0 amide bonds. The first-order chi connectivity index (χ1) is 9.08. The number of nitrogens with zero attached hydrogens (tertiary/aromatic N) is 1. The summed E-state index contributed by atoms with van der Waals surface area (Å²) >= 11 is 0. The van der Waals surface area contributed by atoms with Crippen molar-refractivity contribution in [1.29, 1.82) is 0 Å². The number of carbonyl (C=O) groups is 1. The van der Waals surface area contributed by atoms with Crippen LogP contribution >= 0.6 is 0 Å². The van der Waals surface area contributed by atoms with Crippen molar-refractivity contribution in [2.24, 2.45) is 5.92 Å². The molecule has 1 spiro atoms. The molecule has 4 aliphatic heterocycles. The standard InChI is InChI=1S/C14H14FNO3/c15-11-4-2-1-3-10(11)13-14(19-13)12(17)9-5-7-16(14,18)8-6-9/h1-4,9,13H,5-8H2/t9?,13-,14-,16?/m1/s1. The van der Waals surface area contributed by atoms with E-state index in [1.165, 1.54) is 6.07 Å². The number of hydrogen-bond donors (Lipinski definition) is 0. The van der Waals surface area contributed by atoms with E-state index in [0.717, 1.165) is 0 Å². The number of fused-ring (bicyclic) bond motifs is 2. The fourth-order valence-electron chi connectivity index (χ4n) is 3.68. The van der Waals surface area contributed by atoms with Gasteiger partial charge in [-0.1, -0.05) is 18.2 Å². The van der Waals surface area contributed by atoms with Crippen LogP contribution in [0, 0.1) is 16.9 Å². The molecule has 0 saturated carbocycles. The summed E-state index contributed by atoms with van der Waals surface area (Å²) in [4.78, 5) is 12.4. The molecule has 100 valence electrons. The van der Waals surface area contributed by atoms with E-state index in [9.17, 15) is 14.4 Å². The van der Waals surface area contributed by atoms with Gasteiger partial charge in [-0.15, -0.1) is 0 Å². The second-order valence-electron chi connectivity index (χ2n) is 5.69. The van der Waals surface area contributed by atoms with Crippen LogP contribution in [0.5, 0.6) is 0 Å². The monoisotopic (exact) mass is 263 g/mol. The first-order valence-electron chi connectivity index (χ1n) is 6.63. The van der Waals surface area contributed by atoms with Gasteiger partial charge in [0.15, 0.2) is 6.10 Å². The summed E-state index contributed by atoms with van der Waals surface area (Å²) in [6.07, 6.45) is 0.566. The zero-order chi connectivity index (χ0) is 13.3. The van der Waals surface area contributed by atoms with Crippen molar-refractivity contribution in [2.75, 3.05) is 13.1 Å². The summed E-state index contributed by atoms with van der Waals surface area (Å²) in [7, 11) is 0. The van der Waals surface area contributed by atoms with Crippen molar-refractivity contribution in [3.8, 4) is 0 Å². The number of hydrogen-bond acceptors (Lipinski definition) is 3. The Morgan fingerprint density at radius 3 is 2.63 bits per heavy atom. The molecule has 19 heavy (non-hydrogen) atoms. The normalized spacial score (nSPS) is 43.8. The highest BCUT2D eigenvalue weighted by Gasteiger charge is 2.78. The number of piperidine rings is 3. The Balaban J connectivity index is 1.77. The molecule has 2 bridgehead atoms. The van der Waals surface area contributed by atoms with Gasteiger partial charge in [0.2, 0.25) is 5.78 Å². The summed E-state index contributed by atoms with van der Waals surface area (Å²) in [6.45, 7) is 0.808. The Morgan fingerprint density at radius 1 is 1.32 bits per heavy atom. The van der Waals surface area contributed by atoms with Gasteiger partial charge in [-0.3, -0.25) is 9.53 Å². The molecule has 4 heterocycles. The van der Waals surface area contributed by atoms with E-state index >= 15 is 0 Å². The van der Waals surface area contributed by atoms with Crippen LogP contribution in [0.1, 0.15) is 24.5 Å². The molecule has 0 unspecified atom stereocenters. The molecule has 0 aliphatic carbocycles. The fraction of sp³-hybridized carbons (Fsp3) is 0.500. The molecule has 0 aromatic heterocycles. The predicted octanol–water partition coefficient (Wildman–Crippen LogP) is 1.90. The fourth-order valence-corrected chi connectivity index (χ4v) is 3.68. The van der Waals surface area contributed by atoms with Gasteiger partial charge in [0.25, 0.3) is 5.72 Å². The third kappa shape index (κ3) is 1.25. The van der Waals surface area contributed by atoms with Crippen molar-refractivity contribution in [3.05, 3.63) is 40.9 Å². The van der Waals surface area contributed by atoms with Gasteiger partial charge in [0, 0.05) is 24.3 Å². The van der Waals surface area contributed by atoms with Crippen molar-refractivity contribution in [3.63, 3.8) is 0 Å². The zero-order valence-corrected chi connectivity index (χ0v) is 10.3. The van der Waals surface area contributed by atoms with Crippen LogP contribution in [0.15, 0.2) is 24.3 Å². The van der Waals surface area contributed by atoms with Crippen LogP contribution in [0.25, 0.3) is 0 Å². The van der Waals surface area contributed by atoms with Gasteiger partial charge in [0.1, 0.15) is 5.82 Å². The van der Waals surface area contributed by atoms with Crippen molar-refractivity contribution >= 4 is 5.78 Å². The average Bonchev–Trinajstić information content (AvgIpc) is 3.14. The van der Waals surface area contributed by atoms with Crippen LogP contribution < -0.4 is 0 Å². The van der Waals surface area contributed by atoms with E-state index in [0.29, 0.717) is 31.5 Å². The lowest BCUT2D eigenvalue weighted by Crippen LogP contribution is -2.68. The predicted molar refractivity (Wildman–Crippen MR) is 64.0 cm³/mol. The van der Waals surface area contributed by atoms with Gasteiger partial charge in [-0.25, -0.2) is 4.39 Å². The number of epoxide rings is 1. The highest BCUT2D eigenvalue weighted by atomic mass is 19.1. The Bertz CT molecular complexity index is 568. The summed E-state index contributed by atoms with van der Waals surface area (Å²) < 4.78 is 18.7. The molecule has 0 N–H and O–H groups in total. The molecule has 4 saturated heterocycles. The van der Waals surface area contributed by atoms with Crippen molar-refractivity contribution < 1.29 is 18.6 Å². The first-order valence-corrected chi connectivity index (χ1v) is 6.63. The maximum absolute atomic E-state index is 13.8. The molecule has 1 aromatic rings. The van der Waals surface area contributed by atoms with Crippen LogP contribution in [-0.4, -0.2) is 29.2 Å². The maximum atomic E-state index is 13.8. The largest absolute Gasteiger partial charge is 0.630 e. The molecule has 2 atom stereocenters. The molecule has 5 rings (SSSR count). The topological polar surface area (TPSA) is 52.7 Å². The van der Waals surface area contributed by atoms with E-state index in [1.54, 1.807) is 18.2 Å². The minimum atomic E-state index is -1.34. The lowest BCUT2D eigenvalue weighted by atomic mass is 9.79. The third-order valence-electron chi connectivity index (χ3n) is 4.79. The zero-order valence-electron chi connectivity index (χ0n) is 10.3. The van der Waals surface area contributed by atoms with Gasteiger partial charge in [-0.05, 0) is 6.07 Å². The van der Waals surface area contributed by atoms with E-state index in [2.05, 4.69) is 0 Å². The van der Waals surface area contributed by atoms with Gasteiger partial charge in [-0.2, -0.15) is 0 Å². The Morgan fingerprint density at radius 2 is 2.00 bits per heavy atom. The SMILES string of the molecule is O=C1C2CC[N+]([O-])(CC2)[C@@]12O[C@@H]2c1ccccc1F. The second-order valence-corrected chi connectivity index (χ2v) is 5.69. The minimum Gasteiger partial charge on any atom is -0.630 e. The first kappa shape index (κ1) is 11.5. The molecular formula is C14H14FNO3. The number of halogens is 1. The number of carbonyl (C=O) groups excluding carboxylic acids is 1. The Labute approximate surface area is 109 Å². The van der Waals surface area contributed by atoms with E-state index in [-0.39, 0.29) is 11.7 Å². The molecule has 4 aliphatic rings. The van der Waals surface area contributed by atoms with E-state index in [1.807, 2.05) is 0 Å². The number of rotatable bonds is 1. The quantitative estimate of drug-likeness (QED) is 0.442. The number of ketones is 1. The summed E-state index contributed by atoms with van der Waals surface area (Å²) in [5.74, 6) is -0.606. The molecule has 4 fully saturated rings. The molecular weight excluding hydrogens is 249 g/mol. The maximum Gasteiger partial charge on any atom is 0.296 e. The lowest BCUT2D eigenvalue weighted by Gasteiger charge is -2.55. The Kier molecular flexibility index (Phi) is 2.07. The van der Waals surface area contributed by atoms with Gasteiger partial charge in [0.05, 0.1) is 13.1 Å². The van der Waals surface area contributed by atoms with Crippen LogP contribution in [0.4, 0.5) is 4.39 Å². The highest BCUT2D eigenvalue weighted by molar-refractivity contribution is 5.92. The molecule has 1 aromatic carbocycles. The van der Waals surface area contributed by atoms with Crippen LogP contribution in [0.3, 0.4) is 0 Å². The Hall–Kier alpha value is -1.30. The minimum absolute atomic E-state index is 0.0780. The smallest absolute Gasteiger partial charge is 0.296 e. The molecule has 5 heteroatoms. The van der Waals surface area contributed by atoms with E-state index < -0.39 is 22.3 Å². The number of hydroxylamine groups is 3. The van der Waals surface area contributed by atoms with Crippen molar-refractivity contribution in [2.45, 2.75) is 24.7 Å². The van der Waals surface area contributed by atoms with Gasteiger partial charge >= 0.3 is 0 Å². The number of quaternary nitrogens is 1. The summed E-state index contributed by atoms with van der Waals surface area (Å²) in [5, 5.41) is 12.8. The van der Waals surface area contributed by atoms with E-state index in [4.69, 9.17) is 4.74 Å². The number of benzene rings is 1. The third-order valence-corrected chi connectivity index (χ3v) is 4.79. The second kappa shape index (κ2) is 3.42. The number of ether oxygens (including phenoxy) is 1.